The van der Waals surface area contributed by atoms with Gasteiger partial charge in [-0.2, -0.15) is 0 Å². The molecule has 2 aromatic rings. The number of rotatable bonds is 5. The van der Waals surface area contributed by atoms with Gasteiger partial charge in [0.2, 0.25) is 5.92 Å². The number of benzene rings is 2. The Labute approximate surface area is 314 Å². The van der Waals surface area contributed by atoms with Crippen molar-refractivity contribution in [1.82, 2.24) is 14.7 Å². The quantitative estimate of drug-likeness (QED) is 0.262. The summed E-state index contributed by atoms with van der Waals surface area (Å²) in [6, 6.07) is 13.9. The smallest absolute Gasteiger partial charge is 0.321 e. The molecule has 1 aliphatic carbocycles. The summed E-state index contributed by atoms with van der Waals surface area (Å²) in [7, 11) is -5.99. The highest BCUT2D eigenvalue weighted by Gasteiger charge is 2.34. The lowest BCUT2D eigenvalue weighted by Crippen LogP contribution is -2.45. The van der Waals surface area contributed by atoms with Crippen LogP contribution in [-0.4, -0.2) is 118 Å². The molecule has 296 valence electrons. The van der Waals surface area contributed by atoms with Crippen LogP contribution >= 0.6 is 11.6 Å². The molecule has 4 fully saturated rings. The summed E-state index contributed by atoms with van der Waals surface area (Å²) in [6.45, 7) is 2.25. The van der Waals surface area contributed by atoms with E-state index in [9.17, 15) is 44.0 Å². The third-order valence-electron chi connectivity index (χ3n) is 9.41. The van der Waals surface area contributed by atoms with Gasteiger partial charge >= 0.3 is 12.1 Å². The zero-order chi connectivity index (χ0) is 38.7. The lowest BCUT2D eigenvalue weighted by molar-refractivity contribution is -0.0566. The van der Waals surface area contributed by atoms with Crippen LogP contribution in [0, 0.1) is 0 Å². The molecule has 11 nitrogen and oxygen atoms in total. The predicted octanol–water partition coefficient (Wildman–Crippen LogP) is 6.45. The molecule has 0 unspecified atom stereocenters. The number of carbonyl (C=O) groups excluding carboxylic acids is 2. The van der Waals surface area contributed by atoms with Crippen molar-refractivity contribution < 1.29 is 44.0 Å². The third kappa shape index (κ3) is 14.9. The maximum absolute atomic E-state index is 13.2. The van der Waals surface area contributed by atoms with Crippen LogP contribution in [0.15, 0.2) is 48.5 Å². The van der Waals surface area contributed by atoms with Crippen molar-refractivity contribution in [3.05, 3.63) is 59.7 Å². The van der Waals surface area contributed by atoms with E-state index < -0.39 is 31.5 Å². The second kappa shape index (κ2) is 18.9. The van der Waals surface area contributed by atoms with Crippen LogP contribution in [0.25, 0.3) is 0 Å². The molecule has 0 atom stereocenters. The van der Waals surface area contributed by atoms with Crippen molar-refractivity contribution in [3.8, 4) is 0 Å². The van der Waals surface area contributed by atoms with Crippen molar-refractivity contribution in [2.45, 2.75) is 69.2 Å². The number of hydrogen-bond donors (Lipinski definition) is 2. The van der Waals surface area contributed by atoms with Gasteiger partial charge in [0.1, 0.15) is 0 Å². The van der Waals surface area contributed by atoms with E-state index in [1.807, 2.05) is 29.2 Å². The second-order valence-corrected chi connectivity index (χ2v) is 18.6. The Bertz CT molecular complexity index is 1690. The van der Waals surface area contributed by atoms with Crippen LogP contribution < -0.4 is 10.6 Å². The fraction of sp³-hybridized carbons (Fsp3) is 0.600. The Hall–Kier alpha value is -3.15. The van der Waals surface area contributed by atoms with Crippen LogP contribution in [-0.2, 0) is 32.1 Å². The fourth-order valence-corrected chi connectivity index (χ4v) is 8.55. The van der Waals surface area contributed by atoms with Crippen LogP contribution in [0.5, 0.6) is 0 Å². The molecule has 2 aromatic carbocycles. The van der Waals surface area contributed by atoms with E-state index in [-0.39, 0.29) is 86.9 Å². The summed E-state index contributed by atoms with van der Waals surface area (Å²) in [5, 5.41) is 5.50. The Balaban J connectivity index is 0.000000202. The number of halogens is 5. The maximum Gasteiger partial charge on any atom is 0.321 e. The Morgan fingerprint density at radius 3 is 1.32 bits per heavy atom. The van der Waals surface area contributed by atoms with Gasteiger partial charge in [-0.25, -0.2) is 44.0 Å². The first kappa shape index (κ1) is 42.6. The molecule has 0 bridgehead atoms. The Kier molecular flexibility index (Phi) is 15.2. The number of carbonyl (C=O) groups is 2. The number of amides is 4. The number of nitrogens with zero attached hydrogens (tertiary/aromatic N) is 3. The molecule has 6 rings (SSSR count). The van der Waals surface area contributed by atoms with Crippen molar-refractivity contribution in [2.75, 3.05) is 72.9 Å². The summed E-state index contributed by atoms with van der Waals surface area (Å²) >= 11 is 5.68. The number of hydrogen-bond acceptors (Lipinski definition) is 7. The normalized spacial score (nSPS) is 21.8. The van der Waals surface area contributed by atoms with E-state index >= 15 is 0 Å². The predicted molar refractivity (Wildman–Crippen MR) is 198 cm³/mol. The van der Waals surface area contributed by atoms with Gasteiger partial charge in [0.15, 0.2) is 19.7 Å². The molecule has 0 aromatic heterocycles. The number of likely N-dealkylation sites (tertiary alicyclic amines) is 1. The fourth-order valence-electron chi connectivity index (χ4n) is 5.97. The lowest BCUT2D eigenvalue weighted by atomic mass is 9.97. The third-order valence-corrected chi connectivity index (χ3v) is 12.9. The zero-order valence-electron chi connectivity index (χ0n) is 29.6. The SMILES string of the molecule is FC1(F)CCCCC1.O=C(Nc1ccc(CCl)cc1)N1CCS(=O)(=O)CC1.O=C(Nc1ccc(CN2CCC(F)(F)CC2)cc1)N1CCS(=O)(=O)CC1. The molecule has 3 saturated heterocycles. The highest BCUT2D eigenvalue weighted by molar-refractivity contribution is 7.91. The first-order valence-corrected chi connectivity index (χ1v) is 21.9. The van der Waals surface area contributed by atoms with Gasteiger partial charge in [0, 0.05) is 88.8 Å². The Morgan fingerprint density at radius 1 is 0.585 bits per heavy atom. The molecule has 4 amide bonds. The first-order valence-electron chi connectivity index (χ1n) is 17.7. The summed E-state index contributed by atoms with van der Waals surface area (Å²) in [6.07, 6.45) is 2.45. The van der Waals surface area contributed by atoms with E-state index in [1.54, 1.807) is 24.3 Å². The van der Waals surface area contributed by atoms with Crippen LogP contribution in [0.2, 0.25) is 0 Å². The highest BCUT2D eigenvalue weighted by Crippen LogP contribution is 2.32. The molecular weight excluding hydrogens is 762 g/mol. The van der Waals surface area contributed by atoms with Gasteiger partial charge in [-0.05, 0) is 48.2 Å². The molecule has 2 N–H and O–H groups in total. The Morgan fingerprint density at radius 2 is 0.962 bits per heavy atom. The van der Waals surface area contributed by atoms with Gasteiger partial charge < -0.3 is 20.4 Å². The molecule has 0 radical (unpaired) electrons. The van der Waals surface area contributed by atoms with Crippen molar-refractivity contribution in [2.24, 2.45) is 0 Å². The number of anilines is 2. The topological polar surface area (TPSA) is 136 Å². The van der Waals surface area contributed by atoms with E-state index in [0.717, 1.165) is 17.5 Å². The summed E-state index contributed by atoms with van der Waals surface area (Å²) in [5.74, 6) is -4.38. The minimum Gasteiger partial charge on any atom is -0.322 e. The number of nitrogens with one attached hydrogen (secondary N) is 2. The van der Waals surface area contributed by atoms with Crippen LogP contribution in [0.1, 0.15) is 56.1 Å². The minimum absolute atomic E-state index is 0.00572. The number of piperidine rings is 1. The standard InChI is InChI=1S/C17H23F2N3O3S.C12H15ClN2O3S.C6H10F2/c18-17(19)5-7-21(8-6-17)13-14-1-3-15(4-2-14)20-16(23)22-9-11-26(24,25)12-10-22;13-9-10-1-3-11(4-2-10)14-12(16)15-5-7-19(17,18)8-6-15;7-6(8)4-2-1-3-5-6/h1-4H,5-13H2,(H,20,23);1-4H,5-9H2,(H,14,16);1-5H2. The monoisotopic (exact) mass is 809 g/mol. The summed E-state index contributed by atoms with van der Waals surface area (Å²) in [4.78, 5) is 29.1. The molecule has 3 aliphatic heterocycles. The molecule has 1 saturated carbocycles. The lowest BCUT2D eigenvalue weighted by Gasteiger charge is -2.31. The molecule has 4 aliphatic rings. The van der Waals surface area contributed by atoms with Gasteiger partial charge in [0.05, 0.1) is 23.0 Å². The number of urea groups is 2. The van der Waals surface area contributed by atoms with Crippen molar-refractivity contribution >= 4 is 54.7 Å². The average molecular weight is 810 g/mol. The highest BCUT2D eigenvalue weighted by atomic mass is 35.5. The molecule has 18 heteroatoms. The second-order valence-electron chi connectivity index (χ2n) is 13.7. The van der Waals surface area contributed by atoms with E-state index in [2.05, 4.69) is 10.6 Å². The van der Waals surface area contributed by atoms with Crippen LogP contribution in [0.3, 0.4) is 0 Å². The zero-order valence-corrected chi connectivity index (χ0v) is 31.9. The van der Waals surface area contributed by atoms with Crippen LogP contribution in [0.4, 0.5) is 38.5 Å². The molecule has 0 spiro atoms. The average Bonchev–Trinajstić information content (AvgIpc) is 3.11. The van der Waals surface area contributed by atoms with Crippen molar-refractivity contribution in [1.29, 1.82) is 0 Å². The minimum atomic E-state index is -3.02. The van der Waals surface area contributed by atoms with Gasteiger partial charge in [-0.3, -0.25) is 4.90 Å². The van der Waals surface area contributed by atoms with Gasteiger partial charge in [0.25, 0.3) is 5.92 Å². The summed E-state index contributed by atoms with van der Waals surface area (Å²) < 4.78 is 96.1. The first-order chi connectivity index (χ1) is 24.9. The maximum atomic E-state index is 13.2. The van der Waals surface area contributed by atoms with E-state index in [1.165, 1.54) is 9.80 Å². The molecular formula is C35H48ClF4N5O6S2. The largest absolute Gasteiger partial charge is 0.322 e. The van der Waals surface area contributed by atoms with Gasteiger partial charge in [-0.1, -0.05) is 30.7 Å². The number of alkyl halides is 5. The number of sulfone groups is 2. The summed E-state index contributed by atoms with van der Waals surface area (Å²) in [5.41, 5.74) is 3.27. The van der Waals surface area contributed by atoms with Crippen molar-refractivity contribution in [3.63, 3.8) is 0 Å². The van der Waals surface area contributed by atoms with Gasteiger partial charge in [-0.15, -0.1) is 11.6 Å². The molecule has 3 heterocycles. The van der Waals surface area contributed by atoms with E-state index in [0.29, 0.717) is 49.7 Å². The van der Waals surface area contributed by atoms with E-state index in [4.69, 9.17) is 11.6 Å². The molecule has 53 heavy (non-hydrogen) atoms.